The van der Waals surface area contributed by atoms with Crippen LogP contribution in [-0.4, -0.2) is 36.0 Å². The summed E-state index contributed by atoms with van der Waals surface area (Å²) in [7, 11) is 0. The Balaban J connectivity index is 1.41. The molecular weight excluding hydrogens is 298 g/mol. The molecule has 3 rings (SSSR count). The Kier molecular flexibility index (Phi) is 4.97. The molecule has 1 aliphatic heterocycles. The van der Waals surface area contributed by atoms with Crippen LogP contribution < -0.4 is 10.6 Å². The molecular formula is C16H23N3O2S. The van der Waals surface area contributed by atoms with E-state index in [0.717, 1.165) is 25.8 Å². The molecule has 0 unspecified atom stereocenters. The molecule has 6 heteroatoms. The molecule has 1 aliphatic carbocycles. The lowest BCUT2D eigenvalue weighted by atomic mass is 9.96. The van der Waals surface area contributed by atoms with Gasteiger partial charge in [0, 0.05) is 24.0 Å². The fraction of sp³-hybridized carbons (Fsp3) is 0.625. The quantitative estimate of drug-likeness (QED) is 0.897. The largest absolute Gasteiger partial charge is 0.336 e. The monoisotopic (exact) mass is 321 g/mol. The van der Waals surface area contributed by atoms with Crippen LogP contribution in [0.3, 0.4) is 0 Å². The number of amides is 3. The van der Waals surface area contributed by atoms with E-state index in [4.69, 9.17) is 0 Å². The molecule has 5 nitrogen and oxygen atoms in total. The Morgan fingerprint density at radius 1 is 1.27 bits per heavy atom. The molecule has 0 radical (unpaired) electrons. The summed E-state index contributed by atoms with van der Waals surface area (Å²) in [6.45, 7) is 1.50. The van der Waals surface area contributed by atoms with Crippen molar-refractivity contribution in [1.82, 2.24) is 15.5 Å². The topological polar surface area (TPSA) is 61.4 Å². The molecule has 2 aliphatic rings. The summed E-state index contributed by atoms with van der Waals surface area (Å²) in [4.78, 5) is 27.3. The van der Waals surface area contributed by atoms with Crippen molar-refractivity contribution in [3.8, 4) is 0 Å². The summed E-state index contributed by atoms with van der Waals surface area (Å²) >= 11 is 1.76. The van der Waals surface area contributed by atoms with E-state index < -0.39 is 0 Å². The minimum absolute atomic E-state index is 0.00403. The summed E-state index contributed by atoms with van der Waals surface area (Å²) in [5, 5.41) is 7.75. The van der Waals surface area contributed by atoms with Gasteiger partial charge in [-0.05, 0) is 36.3 Å². The third-order valence-corrected chi connectivity index (χ3v) is 5.52. The zero-order valence-electron chi connectivity index (χ0n) is 12.8. The molecule has 1 fully saturated rings. The summed E-state index contributed by atoms with van der Waals surface area (Å²) in [5.41, 5.74) is 1.25. The van der Waals surface area contributed by atoms with Crippen molar-refractivity contribution in [3.63, 3.8) is 0 Å². The van der Waals surface area contributed by atoms with E-state index >= 15 is 0 Å². The lowest BCUT2D eigenvalue weighted by Crippen LogP contribution is -2.47. The summed E-state index contributed by atoms with van der Waals surface area (Å²) in [6, 6.07) is 2.14. The van der Waals surface area contributed by atoms with Gasteiger partial charge >= 0.3 is 6.03 Å². The van der Waals surface area contributed by atoms with Gasteiger partial charge in [-0.25, -0.2) is 4.79 Å². The highest BCUT2D eigenvalue weighted by Gasteiger charge is 2.22. The molecule has 2 heterocycles. The van der Waals surface area contributed by atoms with E-state index in [1.807, 2.05) is 4.90 Å². The van der Waals surface area contributed by atoms with E-state index in [-0.39, 0.29) is 24.5 Å². The fourth-order valence-corrected chi connectivity index (χ4v) is 4.10. The third-order valence-electron chi connectivity index (χ3n) is 4.50. The Labute approximate surface area is 135 Å². The number of nitrogens with one attached hydrogen (secondary N) is 2. The summed E-state index contributed by atoms with van der Waals surface area (Å²) in [6.07, 6.45) is 6.65. The van der Waals surface area contributed by atoms with Crippen LogP contribution in [0.5, 0.6) is 0 Å². The predicted octanol–water partition coefficient (Wildman–Crippen LogP) is 2.26. The molecule has 22 heavy (non-hydrogen) atoms. The second-order valence-electron chi connectivity index (χ2n) is 6.10. The highest BCUT2D eigenvalue weighted by atomic mass is 32.1. The highest BCUT2D eigenvalue weighted by Crippen LogP contribution is 2.23. The van der Waals surface area contributed by atoms with Gasteiger partial charge in [-0.15, -0.1) is 11.3 Å². The first-order chi connectivity index (χ1) is 10.7. The summed E-state index contributed by atoms with van der Waals surface area (Å²) < 4.78 is 0. The van der Waals surface area contributed by atoms with Crippen molar-refractivity contribution in [2.24, 2.45) is 0 Å². The standard InChI is InChI=1S/C16H23N3O2S/c20-15(19-8-6-14-12(11-19)7-9-22-14)10-17-16(21)18-13-4-2-1-3-5-13/h7,9,13H,1-6,8,10-11H2,(H2,17,18,21). The Morgan fingerprint density at radius 2 is 2.09 bits per heavy atom. The second kappa shape index (κ2) is 7.13. The molecule has 120 valence electrons. The number of hydrogen-bond donors (Lipinski definition) is 2. The molecule has 1 aromatic heterocycles. The minimum atomic E-state index is -0.214. The smallest absolute Gasteiger partial charge is 0.315 e. The van der Waals surface area contributed by atoms with Crippen LogP contribution in [0.2, 0.25) is 0 Å². The van der Waals surface area contributed by atoms with E-state index in [0.29, 0.717) is 6.54 Å². The van der Waals surface area contributed by atoms with Crippen LogP contribution in [0, 0.1) is 0 Å². The molecule has 2 N–H and O–H groups in total. The summed E-state index contributed by atoms with van der Waals surface area (Å²) in [5.74, 6) is -0.00403. The zero-order valence-corrected chi connectivity index (χ0v) is 13.6. The van der Waals surface area contributed by atoms with E-state index in [9.17, 15) is 9.59 Å². The maximum absolute atomic E-state index is 12.2. The van der Waals surface area contributed by atoms with Gasteiger partial charge < -0.3 is 15.5 Å². The van der Waals surface area contributed by atoms with Gasteiger partial charge in [0.2, 0.25) is 5.91 Å². The second-order valence-corrected chi connectivity index (χ2v) is 7.10. The highest BCUT2D eigenvalue weighted by molar-refractivity contribution is 7.10. The van der Waals surface area contributed by atoms with Crippen molar-refractivity contribution >= 4 is 23.3 Å². The van der Waals surface area contributed by atoms with Gasteiger partial charge in [0.25, 0.3) is 0 Å². The van der Waals surface area contributed by atoms with E-state index in [2.05, 4.69) is 22.1 Å². The van der Waals surface area contributed by atoms with Crippen LogP contribution in [0.25, 0.3) is 0 Å². The normalized spacial score (nSPS) is 18.6. The average Bonchev–Trinajstić information content (AvgIpc) is 3.01. The number of urea groups is 1. The Morgan fingerprint density at radius 3 is 2.91 bits per heavy atom. The van der Waals surface area contributed by atoms with Crippen LogP contribution in [0.1, 0.15) is 42.5 Å². The van der Waals surface area contributed by atoms with Crippen molar-refractivity contribution in [3.05, 3.63) is 21.9 Å². The Hall–Kier alpha value is -1.56. The van der Waals surface area contributed by atoms with Crippen molar-refractivity contribution < 1.29 is 9.59 Å². The van der Waals surface area contributed by atoms with Gasteiger partial charge in [0.05, 0.1) is 6.54 Å². The van der Waals surface area contributed by atoms with Crippen molar-refractivity contribution in [1.29, 1.82) is 0 Å². The number of carbonyl (C=O) groups is 2. The zero-order chi connectivity index (χ0) is 15.4. The molecule has 1 aromatic rings. The van der Waals surface area contributed by atoms with E-state index in [1.54, 1.807) is 11.3 Å². The lowest BCUT2D eigenvalue weighted by Gasteiger charge is -2.27. The number of fused-ring (bicyclic) bond motifs is 1. The first-order valence-corrected chi connectivity index (χ1v) is 8.98. The first kappa shape index (κ1) is 15.3. The number of thiophene rings is 1. The van der Waals surface area contributed by atoms with E-state index in [1.165, 1.54) is 29.7 Å². The predicted molar refractivity (Wildman–Crippen MR) is 86.8 cm³/mol. The van der Waals surface area contributed by atoms with Crippen LogP contribution in [-0.2, 0) is 17.8 Å². The SMILES string of the molecule is O=C(NCC(=O)N1CCc2sccc2C1)NC1CCCCC1. The third kappa shape index (κ3) is 3.80. The average molecular weight is 321 g/mol. The Bertz CT molecular complexity index is 537. The van der Waals surface area contributed by atoms with Gasteiger partial charge in [0.15, 0.2) is 0 Å². The number of rotatable bonds is 3. The number of hydrogen-bond acceptors (Lipinski definition) is 3. The molecule has 0 aromatic carbocycles. The van der Waals surface area contributed by atoms with Crippen LogP contribution in [0.15, 0.2) is 11.4 Å². The molecule has 1 saturated carbocycles. The molecule has 0 atom stereocenters. The maximum atomic E-state index is 12.2. The molecule has 0 bridgehead atoms. The van der Waals surface area contributed by atoms with Crippen LogP contribution in [0.4, 0.5) is 4.79 Å². The first-order valence-electron chi connectivity index (χ1n) is 8.10. The van der Waals surface area contributed by atoms with Crippen LogP contribution >= 0.6 is 11.3 Å². The van der Waals surface area contributed by atoms with Gasteiger partial charge in [0.1, 0.15) is 0 Å². The van der Waals surface area contributed by atoms with Crippen molar-refractivity contribution in [2.45, 2.75) is 51.1 Å². The molecule has 0 spiro atoms. The molecule has 3 amide bonds. The maximum Gasteiger partial charge on any atom is 0.315 e. The number of nitrogens with zero attached hydrogens (tertiary/aromatic N) is 1. The van der Waals surface area contributed by atoms with Gasteiger partial charge in [-0.1, -0.05) is 19.3 Å². The van der Waals surface area contributed by atoms with Gasteiger partial charge in [-0.2, -0.15) is 0 Å². The molecule has 0 saturated heterocycles. The van der Waals surface area contributed by atoms with Gasteiger partial charge in [-0.3, -0.25) is 4.79 Å². The fourth-order valence-electron chi connectivity index (χ4n) is 3.21. The number of carbonyl (C=O) groups excluding carboxylic acids is 2. The minimum Gasteiger partial charge on any atom is -0.336 e. The lowest BCUT2D eigenvalue weighted by molar-refractivity contribution is -0.130. The van der Waals surface area contributed by atoms with Crippen molar-refractivity contribution in [2.75, 3.05) is 13.1 Å².